The summed E-state index contributed by atoms with van der Waals surface area (Å²) < 4.78 is 1.15. The molecule has 2 aromatic carbocycles. The van der Waals surface area contributed by atoms with E-state index in [9.17, 15) is 9.59 Å². The van der Waals surface area contributed by atoms with Crippen LogP contribution in [-0.2, 0) is 6.42 Å². The Labute approximate surface area is 159 Å². The molecule has 0 radical (unpaired) electrons. The van der Waals surface area contributed by atoms with Crippen LogP contribution in [0.15, 0.2) is 71.1 Å². The molecule has 0 unspecified atom stereocenters. The summed E-state index contributed by atoms with van der Waals surface area (Å²) in [6, 6.07) is 17.0. The maximum Gasteiger partial charge on any atom is 0.281 e. The molecule has 1 N–H and O–H groups in total. The topological polar surface area (TPSA) is 64.0 Å². The first-order valence-corrected chi connectivity index (χ1v) is 9.50. The number of carbonyl (C=O) groups is 1. The molecule has 5 nitrogen and oxygen atoms in total. The summed E-state index contributed by atoms with van der Waals surface area (Å²) in [5, 5.41) is 2.43. The zero-order valence-electron chi connectivity index (χ0n) is 14.7. The molecule has 0 bridgehead atoms. The van der Waals surface area contributed by atoms with Gasteiger partial charge in [-0.2, -0.15) is 0 Å². The first-order chi connectivity index (χ1) is 13.2. The minimum Gasteiger partial charge on any atom is -0.267 e. The molecule has 2 heterocycles. The molecule has 0 spiro atoms. The highest BCUT2D eigenvalue weighted by atomic mass is 32.1. The highest BCUT2D eigenvalue weighted by molar-refractivity contribution is 7.17. The van der Waals surface area contributed by atoms with Gasteiger partial charge in [0.15, 0.2) is 0 Å². The zero-order valence-corrected chi connectivity index (χ0v) is 15.5. The van der Waals surface area contributed by atoms with Crippen LogP contribution in [-0.4, -0.2) is 15.6 Å². The van der Waals surface area contributed by atoms with Crippen molar-refractivity contribution in [3.8, 4) is 11.1 Å². The lowest BCUT2D eigenvalue weighted by Crippen LogP contribution is -2.33. The lowest BCUT2D eigenvalue weighted by molar-refractivity contribution is 0.101. The molecule has 2 aromatic heterocycles. The third kappa shape index (κ3) is 3.27. The highest BCUT2D eigenvalue weighted by Crippen LogP contribution is 2.30. The van der Waals surface area contributed by atoms with Crippen molar-refractivity contribution in [3.63, 3.8) is 0 Å². The van der Waals surface area contributed by atoms with Crippen LogP contribution in [0.1, 0.15) is 22.8 Å². The van der Waals surface area contributed by atoms with Crippen molar-refractivity contribution in [2.75, 3.05) is 5.43 Å². The fraction of sp³-hybridized carbons (Fsp3) is 0.0952. The summed E-state index contributed by atoms with van der Waals surface area (Å²) in [5.74, 6) is -0.350. The second-order valence-corrected chi connectivity index (χ2v) is 6.96. The van der Waals surface area contributed by atoms with Crippen LogP contribution in [0.5, 0.6) is 0 Å². The summed E-state index contributed by atoms with van der Waals surface area (Å²) in [4.78, 5) is 30.4. The summed E-state index contributed by atoms with van der Waals surface area (Å²) >= 11 is 1.41. The molecule has 4 rings (SSSR count). The third-order valence-corrected chi connectivity index (χ3v) is 5.31. The van der Waals surface area contributed by atoms with E-state index in [0.717, 1.165) is 27.8 Å². The van der Waals surface area contributed by atoms with Crippen molar-refractivity contribution in [1.82, 2.24) is 9.66 Å². The Morgan fingerprint density at radius 1 is 1.11 bits per heavy atom. The van der Waals surface area contributed by atoms with Gasteiger partial charge in [0, 0.05) is 16.5 Å². The average Bonchev–Trinajstić information content (AvgIpc) is 3.16. The summed E-state index contributed by atoms with van der Waals surface area (Å²) in [6.07, 6.45) is 2.26. The number of hydrogen-bond acceptors (Lipinski definition) is 4. The number of hydrogen-bond donors (Lipinski definition) is 1. The highest BCUT2D eigenvalue weighted by Gasteiger charge is 2.14. The zero-order chi connectivity index (χ0) is 18.8. The summed E-state index contributed by atoms with van der Waals surface area (Å²) in [6.45, 7) is 2.06. The Kier molecular flexibility index (Phi) is 4.56. The molecular weight excluding hydrogens is 358 g/mol. The predicted octanol–water partition coefficient (Wildman–Crippen LogP) is 4.07. The fourth-order valence-corrected chi connectivity index (χ4v) is 3.81. The fourth-order valence-electron chi connectivity index (χ4n) is 2.91. The van der Waals surface area contributed by atoms with Crippen molar-refractivity contribution in [1.29, 1.82) is 0 Å². The number of fused-ring (bicyclic) bond motifs is 1. The predicted molar refractivity (Wildman–Crippen MR) is 109 cm³/mol. The molecule has 0 aliphatic carbocycles. The van der Waals surface area contributed by atoms with Gasteiger partial charge < -0.3 is 0 Å². The van der Waals surface area contributed by atoms with Crippen molar-refractivity contribution >= 4 is 27.5 Å². The molecule has 0 aliphatic rings. The van der Waals surface area contributed by atoms with Gasteiger partial charge in [-0.15, -0.1) is 11.3 Å². The van der Waals surface area contributed by atoms with E-state index in [1.165, 1.54) is 17.7 Å². The minimum absolute atomic E-state index is 0.293. The van der Waals surface area contributed by atoms with Gasteiger partial charge >= 0.3 is 0 Å². The molecule has 6 heteroatoms. The lowest BCUT2D eigenvalue weighted by atomic mass is 10.1. The van der Waals surface area contributed by atoms with Gasteiger partial charge in [-0.3, -0.25) is 15.0 Å². The standard InChI is InChI=1S/C21H17N3O2S/c1-2-14-8-10-16(11-9-14)19(25)23-24-13-22-20-18(21(24)26)17(12-27-20)15-6-4-3-5-7-15/h3-13H,2H2,1H3,(H,23,25). The van der Waals surface area contributed by atoms with Crippen molar-refractivity contribution in [3.05, 3.63) is 87.8 Å². The van der Waals surface area contributed by atoms with Gasteiger partial charge in [0.2, 0.25) is 0 Å². The maximum atomic E-state index is 13.0. The second kappa shape index (κ2) is 7.17. The molecule has 0 atom stereocenters. The monoisotopic (exact) mass is 375 g/mol. The second-order valence-electron chi connectivity index (χ2n) is 6.11. The number of aromatic nitrogens is 2. The molecule has 0 saturated carbocycles. The van der Waals surface area contributed by atoms with Crippen LogP contribution in [0, 0.1) is 0 Å². The summed E-state index contributed by atoms with van der Waals surface area (Å²) in [5.41, 5.74) is 5.75. The molecule has 0 saturated heterocycles. The van der Waals surface area contributed by atoms with E-state index in [4.69, 9.17) is 0 Å². The van der Waals surface area contributed by atoms with Gasteiger partial charge in [-0.25, -0.2) is 9.66 Å². The third-order valence-electron chi connectivity index (χ3n) is 4.43. The van der Waals surface area contributed by atoms with E-state index in [1.54, 1.807) is 12.1 Å². The van der Waals surface area contributed by atoms with Gasteiger partial charge in [-0.05, 0) is 29.7 Å². The first-order valence-electron chi connectivity index (χ1n) is 8.62. The molecule has 27 heavy (non-hydrogen) atoms. The van der Waals surface area contributed by atoms with Crippen LogP contribution < -0.4 is 11.0 Å². The first kappa shape index (κ1) is 17.2. The Balaban J connectivity index is 1.71. The van der Waals surface area contributed by atoms with Crippen molar-refractivity contribution < 1.29 is 4.79 Å². The minimum atomic E-state index is -0.350. The maximum absolute atomic E-state index is 13.0. The van der Waals surface area contributed by atoms with E-state index in [0.29, 0.717) is 15.8 Å². The van der Waals surface area contributed by atoms with E-state index in [-0.39, 0.29) is 11.5 Å². The lowest BCUT2D eigenvalue weighted by Gasteiger charge is -2.08. The van der Waals surface area contributed by atoms with Crippen LogP contribution >= 0.6 is 11.3 Å². The number of rotatable bonds is 4. The molecule has 134 valence electrons. The number of carbonyl (C=O) groups excluding carboxylic acids is 1. The van der Waals surface area contributed by atoms with Gasteiger partial charge in [0.1, 0.15) is 11.2 Å². The SMILES string of the molecule is CCc1ccc(C(=O)Nn2cnc3scc(-c4ccccc4)c3c2=O)cc1. The van der Waals surface area contributed by atoms with E-state index < -0.39 is 0 Å². The van der Waals surface area contributed by atoms with Gasteiger partial charge in [0.25, 0.3) is 11.5 Å². The van der Waals surface area contributed by atoms with Gasteiger partial charge in [0.05, 0.1) is 5.39 Å². The van der Waals surface area contributed by atoms with E-state index >= 15 is 0 Å². The van der Waals surface area contributed by atoms with E-state index in [1.807, 2.05) is 47.8 Å². The number of aryl methyl sites for hydroxylation is 1. The van der Waals surface area contributed by atoms with Crippen LogP contribution in [0.25, 0.3) is 21.3 Å². The van der Waals surface area contributed by atoms with Crippen LogP contribution in [0.4, 0.5) is 0 Å². The molecule has 0 aliphatic heterocycles. The average molecular weight is 375 g/mol. The summed E-state index contributed by atoms with van der Waals surface area (Å²) in [7, 11) is 0. The Morgan fingerprint density at radius 2 is 1.85 bits per heavy atom. The van der Waals surface area contributed by atoms with Crippen LogP contribution in [0.3, 0.4) is 0 Å². The molecule has 4 aromatic rings. The van der Waals surface area contributed by atoms with Crippen LogP contribution in [0.2, 0.25) is 0 Å². The molecule has 1 amide bonds. The van der Waals surface area contributed by atoms with Gasteiger partial charge in [-0.1, -0.05) is 49.4 Å². The number of benzene rings is 2. The molecular formula is C21H17N3O2S. The van der Waals surface area contributed by atoms with Crippen molar-refractivity contribution in [2.24, 2.45) is 0 Å². The Morgan fingerprint density at radius 3 is 2.56 bits per heavy atom. The Bertz CT molecular complexity index is 1160. The largest absolute Gasteiger partial charge is 0.281 e. The number of thiophene rings is 1. The quantitative estimate of drug-likeness (QED) is 0.585. The smallest absolute Gasteiger partial charge is 0.267 e. The number of nitrogens with one attached hydrogen (secondary N) is 1. The number of nitrogens with zero attached hydrogens (tertiary/aromatic N) is 2. The van der Waals surface area contributed by atoms with Crippen molar-refractivity contribution in [2.45, 2.75) is 13.3 Å². The molecule has 0 fully saturated rings. The van der Waals surface area contributed by atoms with E-state index in [2.05, 4.69) is 17.3 Å². The number of amides is 1. The Hall–Kier alpha value is -3.25. The normalized spacial score (nSPS) is 10.9.